The Hall–Kier alpha value is -3.33. The van der Waals surface area contributed by atoms with E-state index in [0.717, 1.165) is 15.6 Å². The Balaban J connectivity index is 1.93. The number of halogens is 4. The number of amides is 2. The van der Waals surface area contributed by atoms with Crippen molar-refractivity contribution in [3.63, 3.8) is 0 Å². The molecular formula is C23H22ClF3N4O2. The van der Waals surface area contributed by atoms with Crippen LogP contribution in [0.3, 0.4) is 0 Å². The Labute approximate surface area is 194 Å². The van der Waals surface area contributed by atoms with Gasteiger partial charge in [0, 0.05) is 30.2 Å². The van der Waals surface area contributed by atoms with E-state index in [0.29, 0.717) is 22.7 Å². The zero-order valence-electron chi connectivity index (χ0n) is 18.2. The highest BCUT2D eigenvalue weighted by molar-refractivity contribution is 6.30. The highest BCUT2D eigenvalue weighted by atomic mass is 35.5. The summed E-state index contributed by atoms with van der Waals surface area (Å²) in [7, 11) is 1.39. The predicted octanol–water partition coefficient (Wildman–Crippen LogP) is 5.06. The van der Waals surface area contributed by atoms with Crippen LogP contribution >= 0.6 is 11.6 Å². The number of carbonyl (C=O) groups is 2. The van der Waals surface area contributed by atoms with E-state index in [-0.39, 0.29) is 17.4 Å². The number of rotatable bonds is 6. The molecule has 2 amide bonds. The van der Waals surface area contributed by atoms with E-state index in [2.05, 4.69) is 10.4 Å². The second-order valence-corrected chi connectivity index (χ2v) is 7.81. The van der Waals surface area contributed by atoms with Crippen LogP contribution in [0.25, 0.3) is 5.69 Å². The van der Waals surface area contributed by atoms with Crippen LogP contribution in [-0.4, -0.2) is 35.2 Å². The van der Waals surface area contributed by atoms with E-state index in [4.69, 9.17) is 11.6 Å². The first kappa shape index (κ1) is 24.3. The zero-order chi connectivity index (χ0) is 24.3. The lowest BCUT2D eigenvalue weighted by Crippen LogP contribution is -2.32. The van der Waals surface area contributed by atoms with Gasteiger partial charge >= 0.3 is 6.18 Å². The molecule has 0 saturated heterocycles. The average molecular weight is 479 g/mol. The fourth-order valence-electron chi connectivity index (χ4n) is 3.28. The van der Waals surface area contributed by atoms with Gasteiger partial charge in [0.25, 0.3) is 5.91 Å². The van der Waals surface area contributed by atoms with Crippen molar-refractivity contribution in [3.8, 4) is 5.69 Å². The number of nitrogens with one attached hydrogen (secondary N) is 1. The predicted molar refractivity (Wildman–Crippen MR) is 120 cm³/mol. The minimum atomic E-state index is -4.69. The number of alkyl halides is 3. The summed E-state index contributed by atoms with van der Waals surface area (Å²) in [5, 5.41) is 6.68. The molecule has 1 aromatic heterocycles. The highest BCUT2D eigenvalue weighted by Crippen LogP contribution is 2.33. The molecule has 0 aliphatic heterocycles. The van der Waals surface area contributed by atoms with E-state index < -0.39 is 23.7 Å². The van der Waals surface area contributed by atoms with Crippen LogP contribution in [0.4, 0.5) is 19.0 Å². The molecule has 0 radical (unpaired) electrons. The van der Waals surface area contributed by atoms with Gasteiger partial charge in [0.2, 0.25) is 5.91 Å². The van der Waals surface area contributed by atoms with Gasteiger partial charge in [-0.25, -0.2) is 4.68 Å². The number of benzene rings is 2. The van der Waals surface area contributed by atoms with Gasteiger partial charge in [0.15, 0.2) is 5.69 Å². The second-order valence-electron chi connectivity index (χ2n) is 7.38. The fourth-order valence-corrected chi connectivity index (χ4v) is 3.46. The first-order chi connectivity index (χ1) is 15.5. The molecule has 174 valence electrons. The van der Waals surface area contributed by atoms with Gasteiger partial charge in [-0.1, -0.05) is 29.8 Å². The summed E-state index contributed by atoms with van der Waals surface area (Å²) in [4.78, 5) is 26.2. The largest absolute Gasteiger partial charge is 0.435 e. The van der Waals surface area contributed by atoms with Gasteiger partial charge < -0.3 is 5.32 Å². The molecule has 1 N–H and O–H groups in total. The highest BCUT2D eigenvalue weighted by Gasteiger charge is 2.36. The van der Waals surface area contributed by atoms with Gasteiger partial charge in [-0.15, -0.1) is 0 Å². The van der Waals surface area contributed by atoms with Crippen molar-refractivity contribution in [2.75, 3.05) is 18.5 Å². The zero-order valence-corrected chi connectivity index (χ0v) is 18.9. The number of hydrogen-bond donors (Lipinski definition) is 1. The van der Waals surface area contributed by atoms with E-state index in [9.17, 15) is 22.8 Å². The smallest absolute Gasteiger partial charge is 0.352 e. The van der Waals surface area contributed by atoms with Crippen LogP contribution in [0.15, 0.2) is 54.6 Å². The van der Waals surface area contributed by atoms with Crippen LogP contribution in [-0.2, 0) is 11.0 Å². The first-order valence-corrected chi connectivity index (χ1v) is 10.5. The van der Waals surface area contributed by atoms with E-state index >= 15 is 0 Å². The van der Waals surface area contributed by atoms with Crippen LogP contribution in [0.2, 0.25) is 5.02 Å². The summed E-state index contributed by atoms with van der Waals surface area (Å²) >= 11 is 6.00. The van der Waals surface area contributed by atoms with E-state index in [1.54, 1.807) is 56.3 Å². The minimum absolute atomic E-state index is 0.0552. The summed E-state index contributed by atoms with van der Waals surface area (Å²) in [6.45, 7) is 3.94. The van der Waals surface area contributed by atoms with Gasteiger partial charge in [-0.2, -0.15) is 18.3 Å². The van der Waals surface area contributed by atoms with E-state index in [1.807, 2.05) is 0 Å². The Morgan fingerprint density at radius 1 is 1.15 bits per heavy atom. The molecule has 3 aromatic rings. The van der Waals surface area contributed by atoms with Crippen molar-refractivity contribution in [3.05, 3.63) is 76.4 Å². The van der Waals surface area contributed by atoms with Crippen LogP contribution in [0.1, 0.15) is 41.4 Å². The maximum Gasteiger partial charge on any atom is 0.435 e. The molecule has 0 saturated carbocycles. The average Bonchev–Trinajstić information content (AvgIpc) is 3.24. The monoisotopic (exact) mass is 478 g/mol. The van der Waals surface area contributed by atoms with Crippen molar-refractivity contribution in [2.45, 2.75) is 25.9 Å². The molecule has 0 aliphatic carbocycles. The van der Waals surface area contributed by atoms with Crippen molar-refractivity contribution in [2.24, 2.45) is 0 Å². The Morgan fingerprint density at radius 2 is 1.82 bits per heavy atom. The fraction of sp³-hybridized carbons (Fsp3) is 0.261. The summed E-state index contributed by atoms with van der Waals surface area (Å²) in [5.41, 5.74) is 0.217. The molecule has 3 rings (SSSR count). The molecule has 2 aromatic carbocycles. The lowest BCUT2D eigenvalue weighted by molar-refractivity contribution is -0.141. The van der Waals surface area contributed by atoms with Crippen LogP contribution in [0, 0.1) is 0 Å². The minimum Gasteiger partial charge on any atom is -0.352 e. The van der Waals surface area contributed by atoms with Crippen molar-refractivity contribution in [1.82, 2.24) is 15.1 Å². The van der Waals surface area contributed by atoms with Crippen LogP contribution in [0.5, 0.6) is 0 Å². The Kier molecular flexibility index (Phi) is 7.12. The molecule has 0 aliphatic rings. The molecule has 33 heavy (non-hydrogen) atoms. The molecule has 0 fully saturated rings. The maximum absolute atomic E-state index is 13.4. The van der Waals surface area contributed by atoms with Gasteiger partial charge in [-0.3, -0.25) is 14.5 Å². The number of anilines is 1. The molecule has 1 atom stereocenters. The van der Waals surface area contributed by atoms with E-state index in [1.165, 1.54) is 13.1 Å². The topological polar surface area (TPSA) is 67.2 Å². The van der Waals surface area contributed by atoms with Crippen LogP contribution < -0.4 is 10.2 Å². The Bertz CT molecular complexity index is 1160. The number of hydrogen-bond acceptors (Lipinski definition) is 3. The second kappa shape index (κ2) is 9.66. The molecule has 1 unspecified atom stereocenters. The normalized spacial score (nSPS) is 12.3. The standard InChI is InChI=1S/C23H22ClF3N4O2/c1-4-28-21(32)16-10-8-15(9-11-16)14(2)22(33)30(3)20-13-19(23(25,26)27)29-31(20)18-7-5-6-17(24)12-18/h5-14H,4H2,1-3H3,(H,28,32). The Morgan fingerprint density at radius 3 is 2.39 bits per heavy atom. The third-order valence-electron chi connectivity index (χ3n) is 5.09. The molecule has 1 heterocycles. The van der Waals surface area contributed by atoms with Crippen molar-refractivity contribution in [1.29, 1.82) is 0 Å². The number of nitrogens with zero attached hydrogens (tertiary/aromatic N) is 3. The lowest BCUT2D eigenvalue weighted by Gasteiger charge is -2.22. The van der Waals surface area contributed by atoms with Crippen molar-refractivity contribution < 1.29 is 22.8 Å². The molecule has 6 nitrogen and oxygen atoms in total. The molecular weight excluding hydrogens is 457 g/mol. The molecule has 0 bridgehead atoms. The maximum atomic E-state index is 13.4. The third kappa shape index (κ3) is 5.36. The number of aromatic nitrogens is 2. The number of likely N-dealkylation sites (N-methyl/N-ethyl adjacent to an activating group) is 1. The summed E-state index contributed by atoms with van der Waals surface area (Å²) in [6, 6.07) is 13.5. The first-order valence-electron chi connectivity index (χ1n) is 10.1. The lowest BCUT2D eigenvalue weighted by atomic mass is 9.98. The summed E-state index contributed by atoms with van der Waals surface area (Å²) in [6.07, 6.45) is -4.69. The summed E-state index contributed by atoms with van der Waals surface area (Å²) < 4.78 is 41.2. The van der Waals surface area contributed by atoms with Crippen molar-refractivity contribution >= 4 is 29.2 Å². The third-order valence-corrected chi connectivity index (χ3v) is 5.32. The SMILES string of the molecule is CCNC(=O)c1ccc(C(C)C(=O)N(C)c2cc(C(F)(F)F)nn2-c2cccc(Cl)c2)cc1. The van der Waals surface area contributed by atoms with Gasteiger partial charge in [0.05, 0.1) is 11.6 Å². The number of carbonyl (C=O) groups excluding carboxylic acids is 2. The van der Waals surface area contributed by atoms with Gasteiger partial charge in [0.1, 0.15) is 5.82 Å². The molecule has 10 heteroatoms. The summed E-state index contributed by atoms with van der Waals surface area (Å²) in [5.74, 6) is -1.42. The van der Waals surface area contributed by atoms with Gasteiger partial charge in [-0.05, 0) is 49.7 Å². The molecule has 0 spiro atoms. The quantitative estimate of drug-likeness (QED) is 0.538.